The van der Waals surface area contributed by atoms with E-state index in [1.165, 1.54) is 12.0 Å². The lowest BCUT2D eigenvalue weighted by Gasteiger charge is -2.35. The second-order valence-corrected chi connectivity index (χ2v) is 8.00. The number of nitrogens with zero attached hydrogens (tertiary/aromatic N) is 2. The SMILES string of the molecule is COC(=O)[C@@H]1Cc2ccccc2CN1C(=O)COC(=O)c1cc(C)n(C2CC2)c1C. The number of aromatic nitrogens is 1. The van der Waals surface area contributed by atoms with Crippen molar-refractivity contribution in [3.63, 3.8) is 0 Å². The summed E-state index contributed by atoms with van der Waals surface area (Å²) in [5.74, 6) is -1.41. The summed E-state index contributed by atoms with van der Waals surface area (Å²) in [7, 11) is 1.31. The number of hydrogen-bond donors (Lipinski definition) is 0. The topological polar surface area (TPSA) is 77.8 Å². The van der Waals surface area contributed by atoms with Crippen LogP contribution in [0.15, 0.2) is 30.3 Å². The number of rotatable bonds is 5. The van der Waals surface area contributed by atoms with Gasteiger partial charge in [0, 0.05) is 30.4 Å². The third kappa shape index (κ3) is 3.72. The van der Waals surface area contributed by atoms with E-state index in [4.69, 9.17) is 9.47 Å². The molecule has 0 N–H and O–H groups in total. The van der Waals surface area contributed by atoms with E-state index in [-0.39, 0.29) is 6.54 Å². The molecule has 2 aliphatic rings. The molecule has 1 aliphatic heterocycles. The van der Waals surface area contributed by atoms with E-state index in [1.54, 1.807) is 0 Å². The molecule has 1 aromatic heterocycles. The molecule has 7 nitrogen and oxygen atoms in total. The van der Waals surface area contributed by atoms with Crippen LogP contribution in [-0.4, -0.2) is 47.1 Å². The number of aryl methyl sites for hydroxylation is 1. The van der Waals surface area contributed by atoms with Crippen LogP contribution >= 0.6 is 0 Å². The molecule has 2 heterocycles. The summed E-state index contributed by atoms with van der Waals surface area (Å²) in [6, 6.07) is 9.23. The van der Waals surface area contributed by atoms with E-state index < -0.39 is 30.5 Å². The van der Waals surface area contributed by atoms with Crippen LogP contribution < -0.4 is 0 Å². The number of hydrogen-bond acceptors (Lipinski definition) is 5. The fraction of sp³-hybridized carbons (Fsp3) is 0.435. The smallest absolute Gasteiger partial charge is 0.340 e. The predicted octanol–water partition coefficient (Wildman–Crippen LogP) is 2.72. The molecular formula is C23H26N2O5. The third-order valence-electron chi connectivity index (χ3n) is 5.99. The molecule has 0 spiro atoms. The molecule has 158 valence electrons. The van der Waals surface area contributed by atoms with Crippen LogP contribution in [-0.2, 0) is 32.0 Å². The van der Waals surface area contributed by atoms with Gasteiger partial charge in [0.25, 0.3) is 5.91 Å². The lowest BCUT2D eigenvalue weighted by atomic mass is 9.94. The van der Waals surface area contributed by atoms with Gasteiger partial charge in [-0.25, -0.2) is 9.59 Å². The summed E-state index contributed by atoms with van der Waals surface area (Å²) in [6.07, 6.45) is 2.62. The largest absolute Gasteiger partial charge is 0.467 e. The van der Waals surface area contributed by atoms with Crippen molar-refractivity contribution >= 4 is 17.8 Å². The summed E-state index contributed by atoms with van der Waals surface area (Å²) in [5.41, 5.74) is 4.37. The highest BCUT2D eigenvalue weighted by molar-refractivity contribution is 5.93. The van der Waals surface area contributed by atoms with Gasteiger partial charge in [-0.15, -0.1) is 0 Å². The van der Waals surface area contributed by atoms with Crippen LogP contribution in [0.3, 0.4) is 0 Å². The standard InChI is InChI=1S/C23H26N2O5/c1-14-10-19(15(2)25(14)18-8-9-18)22(27)30-13-21(26)24-12-17-7-5-4-6-16(17)11-20(24)23(28)29-3/h4-7,10,18,20H,8-9,11-13H2,1-3H3/t20-/m0/s1. The van der Waals surface area contributed by atoms with Crippen molar-refractivity contribution in [1.29, 1.82) is 0 Å². The molecule has 0 radical (unpaired) electrons. The van der Waals surface area contributed by atoms with Crippen molar-refractivity contribution < 1.29 is 23.9 Å². The first-order chi connectivity index (χ1) is 14.4. The number of methoxy groups -OCH3 is 1. The van der Waals surface area contributed by atoms with Crippen LogP contribution in [0.1, 0.15) is 51.8 Å². The van der Waals surface area contributed by atoms with Gasteiger partial charge in [-0.3, -0.25) is 4.79 Å². The molecule has 2 aromatic rings. The summed E-state index contributed by atoms with van der Waals surface area (Å²) < 4.78 is 12.4. The van der Waals surface area contributed by atoms with Gasteiger partial charge in [-0.1, -0.05) is 24.3 Å². The number of fused-ring (bicyclic) bond motifs is 1. The van der Waals surface area contributed by atoms with Gasteiger partial charge in [0.2, 0.25) is 0 Å². The molecule has 1 aromatic carbocycles. The quantitative estimate of drug-likeness (QED) is 0.709. The molecule has 1 aliphatic carbocycles. The van der Waals surface area contributed by atoms with Crippen molar-refractivity contribution in [3.05, 3.63) is 58.4 Å². The summed E-state index contributed by atoms with van der Waals surface area (Å²) in [5, 5.41) is 0. The number of ether oxygens (including phenoxy) is 2. The Morgan fingerprint density at radius 3 is 2.47 bits per heavy atom. The molecule has 0 unspecified atom stereocenters. The van der Waals surface area contributed by atoms with Gasteiger partial charge in [-0.05, 0) is 43.9 Å². The second-order valence-electron chi connectivity index (χ2n) is 8.00. The van der Waals surface area contributed by atoms with Gasteiger partial charge >= 0.3 is 11.9 Å². The first-order valence-corrected chi connectivity index (χ1v) is 10.2. The number of amides is 1. The van der Waals surface area contributed by atoms with E-state index in [1.807, 2.05) is 44.2 Å². The van der Waals surface area contributed by atoms with E-state index in [9.17, 15) is 14.4 Å². The fourth-order valence-electron chi connectivity index (χ4n) is 4.30. The molecule has 7 heteroatoms. The number of carbonyl (C=O) groups is 3. The Bertz CT molecular complexity index is 1010. The monoisotopic (exact) mass is 410 g/mol. The van der Waals surface area contributed by atoms with Crippen LogP contribution in [0.5, 0.6) is 0 Å². The number of esters is 2. The Kier molecular flexibility index (Phi) is 5.37. The van der Waals surface area contributed by atoms with Gasteiger partial charge in [0.15, 0.2) is 6.61 Å². The van der Waals surface area contributed by atoms with Crippen molar-refractivity contribution in [1.82, 2.24) is 9.47 Å². The molecule has 1 saturated carbocycles. The minimum absolute atomic E-state index is 0.280. The Morgan fingerprint density at radius 1 is 1.10 bits per heavy atom. The Balaban J connectivity index is 1.47. The molecule has 1 atom stereocenters. The molecule has 4 rings (SSSR count). The van der Waals surface area contributed by atoms with Gasteiger partial charge in [0.1, 0.15) is 6.04 Å². The van der Waals surface area contributed by atoms with Gasteiger partial charge < -0.3 is 18.9 Å². The number of benzene rings is 1. The van der Waals surface area contributed by atoms with E-state index in [2.05, 4.69) is 4.57 Å². The normalized spacial score (nSPS) is 18.0. The maximum Gasteiger partial charge on any atom is 0.340 e. The fourth-order valence-corrected chi connectivity index (χ4v) is 4.30. The van der Waals surface area contributed by atoms with Gasteiger partial charge in [-0.2, -0.15) is 0 Å². The zero-order valence-corrected chi connectivity index (χ0v) is 17.5. The Hall–Kier alpha value is -3.09. The van der Waals surface area contributed by atoms with Gasteiger partial charge in [0.05, 0.1) is 12.7 Å². The summed E-state index contributed by atoms with van der Waals surface area (Å²) in [6.45, 7) is 3.74. The lowest BCUT2D eigenvalue weighted by Crippen LogP contribution is -2.50. The van der Waals surface area contributed by atoms with Crippen LogP contribution in [0, 0.1) is 13.8 Å². The zero-order valence-electron chi connectivity index (χ0n) is 17.5. The molecule has 0 saturated heterocycles. The molecular weight excluding hydrogens is 384 g/mol. The van der Waals surface area contributed by atoms with Crippen molar-refractivity contribution in [2.75, 3.05) is 13.7 Å². The van der Waals surface area contributed by atoms with Crippen molar-refractivity contribution in [2.24, 2.45) is 0 Å². The van der Waals surface area contributed by atoms with Crippen LogP contribution in [0.4, 0.5) is 0 Å². The minimum atomic E-state index is -0.726. The van der Waals surface area contributed by atoms with E-state index in [0.29, 0.717) is 18.0 Å². The molecule has 1 fully saturated rings. The minimum Gasteiger partial charge on any atom is -0.467 e. The predicted molar refractivity (Wildman–Crippen MR) is 109 cm³/mol. The average molecular weight is 410 g/mol. The van der Waals surface area contributed by atoms with Crippen molar-refractivity contribution in [2.45, 2.75) is 51.7 Å². The first kappa shape index (κ1) is 20.2. The summed E-state index contributed by atoms with van der Waals surface area (Å²) in [4.78, 5) is 39.2. The number of carbonyl (C=O) groups excluding carboxylic acids is 3. The Morgan fingerprint density at radius 2 is 1.80 bits per heavy atom. The van der Waals surface area contributed by atoms with E-state index >= 15 is 0 Å². The molecule has 30 heavy (non-hydrogen) atoms. The second kappa shape index (κ2) is 7.97. The summed E-state index contributed by atoms with van der Waals surface area (Å²) >= 11 is 0. The van der Waals surface area contributed by atoms with Crippen LogP contribution in [0.25, 0.3) is 0 Å². The van der Waals surface area contributed by atoms with Crippen molar-refractivity contribution in [3.8, 4) is 0 Å². The highest BCUT2D eigenvalue weighted by Crippen LogP contribution is 2.38. The average Bonchev–Trinajstić information content (AvgIpc) is 3.54. The highest BCUT2D eigenvalue weighted by Gasteiger charge is 2.36. The Labute approximate surface area is 175 Å². The molecule has 1 amide bonds. The third-order valence-corrected chi connectivity index (χ3v) is 5.99. The zero-order chi connectivity index (χ0) is 21.4. The maximum absolute atomic E-state index is 12.9. The van der Waals surface area contributed by atoms with Crippen LogP contribution in [0.2, 0.25) is 0 Å². The highest BCUT2D eigenvalue weighted by atomic mass is 16.5. The van der Waals surface area contributed by atoms with E-state index in [0.717, 1.165) is 35.4 Å². The lowest BCUT2D eigenvalue weighted by molar-refractivity contribution is -0.155. The first-order valence-electron chi connectivity index (χ1n) is 10.2. The molecule has 0 bridgehead atoms. The maximum atomic E-state index is 12.9.